The van der Waals surface area contributed by atoms with E-state index in [9.17, 15) is 19.1 Å². The molecule has 0 atom stereocenters. The minimum absolute atomic E-state index is 0.0203. The Morgan fingerprint density at radius 1 is 0.929 bits per heavy atom. The Hall–Kier alpha value is -4.21. The molecule has 5 N–H and O–H groups in total. The number of aromatic nitrogens is 2. The molecule has 1 heterocycles. The maximum Gasteiger partial charge on any atom is 0.339 e. The highest BCUT2D eigenvalue weighted by Gasteiger charge is 2.12. The molecular weight excluding hydrogens is 371 g/mol. The monoisotopic (exact) mass is 384 g/mol. The summed E-state index contributed by atoms with van der Waals surface area (Å²) in [6.45, 7) is 0. The van der Waals surface area contributed by atoms with E-state index in [-0.39, 0.29) is 28.6 Å². The number of halogens is 1. The minimum Gasteiger partial charge on any atom is -0.507 e. The van der Waals surface area contributed by atoms with E-state index in [1.807, 2.05) is 0 Å². The molecule has 28 heavy (non-hydrogen) atoms. The zero-order valence-electron chi connectivity index (χ0n) is 14.0. The lowest BCUT2D eigenvalue weighted by molar-refractivity contribution is 0.0684. The summed E-state index contributed by atoms with van der Waals surface area (Å²) in [5.41, 5.74) is 0.450. The van der Waals surface area contributed by atoms with Crippen LogP contribution in [0.1, 0.15) is 20.7 Å². The average molecular weight is 384 g/mol. The molecule has 142 valence electrons. The van der Waals surface area contributed by atoms with Crippen LogP contribution >= 0.6 is 0 Å². The summed E-state index contributed by atoms with van der Waals surface area (Å²) in [7, 11) is 0. The van der Waals surface area contributed by atoms with Crippen LogP contribution in [-0.2, 0) is 0 Å². The van der Waals surface area contributed by atoms with Crippen LogP contribution in [0, 0.1) is 5.82 Å². The first-order valence-electron chi connectivity index (χ1n) is 7.80. The highest BCUT2D eigenvalue weighted by atomic mass is 19.1. The van der Waals surface area contributed by atoms with Crippen molar-refractivity contribution in [3.05, 3.63) is 65.6 Å². The third-order valence-corrected chi connectivity index (χ3v) is 3.62. The standard InChI is InChI=1S/C18H13FN4O5/c19-13-8-20-18(22-11-5-6-14(24)12(7-11)17(27)28)23-15(13)21-10-3-1-9(2-4-10)16(25)26/h1-8,24H,(H,25,26)(H,27,28)(H2,20,21,22,23). The molecule has 1 aromatic heterocycles. The van der Waals surface area contributed by atoms with Gasteiger partial charge >= 0.3 is 11.9 Å². The molecule has 2 aromatic carbocycles. The van der Waals surface area contributed by atoms with Crippen LogP contribution in [0.3, 0.4) is 0 Å². The fraction of sp³-hybridized carbons (Fsp3) is 0. The molecule has 0 aliphatic rings. The van der Waals surface area contributed by atoms with E-state index in [2.05, 4.69) is 20.6 Å². The van der Waals surface area contributed by atoms with Crippen LogP contribution in [0.2, 0.25) is 0 Å². The molecule has 0 unspecified atom stereocenters. The van der Waals surface area contributed by atoms with Crippen molar-refractivity contribution in [3.63, 3.8) is 0 Å². The zero-order chi connectivity index (χ0) is 20.3. The summed E-state index contributed by atoms with van der Waals surface area (Å²) in [4.78, 5) is 29.7. The van der Waals surface area contributed by atoms with Gasteiger partial charge in [0.25, 0.3) is 0 Å². The predicted molar refractivity (Wildman–Crippen MR) is 97.0 cm³/mol. The summed E-state index contributed by atoms with van der Waals surface area (Å²) in [5.74, 6) is -3.73. The normalized spacial score (nSPS) is 10.3. The fourth-order valence-corrected chi connectivity index (χ4v) is 2.26. The van der Waals surface area contributed by atoms with Gasteiger partial charge in [-0.05, 0) is 42.5 Å². The number of anilines is 4. The van der Waals surface area contributed by atoms with Crippen LogP contribution in [-0.4, -0.2) is 37.2 Å². The summed E-state index contributed by atoms with van der Waals surface area (Å²) in [6, 6.07) is 9.40. The van der Waals surface area contributed by atoms with Gasteiger partial charge in [-0.3, -0.25) is 0 Å². The van der Waals surface area contributed by atoms with E-state index in [4.69, 9.17) is 10.2 Å². The van der Waals surface area contributed by atoms with Gasteiger partial charge in [-0.15, -0.1) is 0 Å². The number of aromatic hydroxyl groups is 1. The molecule has 0 saturated carbocycles. The van der Waals surface area contributed by atoms with E-state index < -0.39 is 23.5 Å². The quantitative estimate of drug-likeness (QED) is 0.404. The van der Waals surface area contributed by atoms with Gasteiger partial charge in [-0.1, -0.05) is 0 Å². The van der Waals surface area contributed by atoms with Crippen LogP contribution in [0.5, 0.6) is 5.75 Å². The zero-order valence-corrected chi connectivity index (χ0v) is 14.0. The Kier molecular flexibility index (Phi) is 5.03. The number of benzene rings is 2. The SMILES string of the molecule is O=C(O)c1ccc(Nc2nc(Nc3ccc(O)c(C(=O)O)c3)ncc2F)cc1. The molecule has 3 aromatic rings. The van der Waals surface area contributed by atoms with Crippen LogP contribution in [0.15, 0.2) is 48.7 Å². The van der Waals surface area contributed by atoms with Crippen molar-refractivity contribution in [2.75, 3.05) is 10.6 Å². The molecule has 0 bridgehead atoms. The maximum atomic E-state index is 14.0. The summed E-state index contributed by atoms with van der Waals surface area (Å²) < 4.78 is 14.0. The Balaban J connectivity index is 1.82. The summed E-state index contributed by atoms with van der Waals surface area (Å²) in [5, 5.41) is 32.9. The van der Waals surface area contributed by atoms with E-state index >= 15 is 0 Å². The van der Waals surface area contributed by atoms with Crippen molar-refractivity contribution < 1.29 is 29.3 Å². The number of phenols is 1. The van der Waals surface area contributed by atoms with Gasteiger partial charge in [0, 0.05) is 11.4 Å². The Morgan fingerprint density at radius 3 is 2.25 bits per heavy atom. The maximum absolute atomic E-state index is 14.0. The first kappa shape index (κ1) is 18.6. The number of nitrogens with zero attached hydrogens (tertiary/aromatic N) is 2. The minimum atomic E-state index is -1.31. The highest BCUT2D eigenvalue weighted by molar-refractivity contribution is 5.92. The lowest BCUT2D eigenvalue weighted by atomic mass is 10.2. The number of carboxylic acid groups (broad SMARTS) is 2. The smallest absolute Gasteiger partial charge is 0.339 e. The number of carboxylic acids is 2. The molecule has 9 nitrogen and oxygen atoms in total. The van der Waals surface area contributed by atoms with Crippen molar-refractivity contribution in [1.29, 1.82) is 0 Å². The number of rotatable bonds is 6. The van der Waals surface area contributed by atoms with Crippen molar-refractivity contribution in [2.45, 2.75) is 0 Å². The number of hydrogen-bond donors (Lipinski definition) is 5. The van der Waals surface area contributed by atoms with Gasteiger partial charge in [-0.25, -0.2) is 19.0 Å². The third-order valence-electron chi connectivity index (χ3n) is 3.62. The van der Waals surface area contributed by atoms with Crippen molar-refractivity contribution in [1.82, 2.24) is 9.97 Å². The first-order valence-corrected chi connectivity index (χ1v) is 7.80. The van der Waals surface area contributed by atoms with Gasteiger partial charge in [0.1, 0.15) is 11.3 Å². The van der Waals surface area contributed by atoms with E-state index in [0.717, 1.165) is 6.20 Å². The molecule has 0 spiro atoms. The Morgan fingerprint density at radius 2 is 1.61 bits per heavy atom. The van der Waals surface area contributed by atoms with E-state index in [0.29, 0.717) is 5.69 Å². The number of hydrogen-bond acceptors (Lipinski definition) is 7. The van der Waals surface area contributed by atoms with E-state index in [1.54, 1.807) is 0 Å². The molecule has 0 amide bonds. The largest absolute Gasteiger partial charge is 0.507 e. The third kappa shape index (κ3) is 4.12. The molecule has 0 saturated heterocycles. The van der Waals surface area contributed by atoms with Crippen LogP contribution in [0.4, 0.5) is 27.5 Å². The highest BCUT2D eigenvalue weighted by Crippen LogP contribution is 2.24. The summed E-state index contributed by atoms with van der Waals surface area (Å²) >= 11 is 0. The molecule has 3 rings (SSSR count). The van der Waals surface area contributed by atoms with Gasteiger partial charge in [0.2, 0.25) is 5.95 Å². The topological polar surface area (TPSA) is 145 Å². The summed E-state index contributed by atoms with van der Waals surface area (Å²) in [6.07, 6.45) is 0.918. The van der Waals surface area contributed by atoms with Crippen LogP contribution < -0.4 is 10.6 Å². The predicted octanol–water partition coefficient (Wildman–Crippen LogP) is 3.20. The van der Waals surface area contributed by atoms with E-state index in [1.165, 1.54) is 42.5 Å². The molecular formula is C18H13FN4O5. The number of nitrogens with one attached hydrogen (secondary N) is 2. The number of carbonyl (C=O) groups is 2. The van der Waals surface area contributed by atoms with Crippen molar-refractivity contribution >= 4 is 35.1 Å². The lowest BCUT2D eigenvalue weighted by Gasteiger charge is -2.10. The Bertz CT molecular complexity index is 1060. The first-order chi connectivity index (χ1) is 13.3. The van der Waals surface area contributed by atoms with Crippen LogP contribution in [0.25, 0.3) is 0 Å². The van der Waals surface area contributed by atoms with Gasteiger partial charge in [0.15, 0.2) is 11.6 Å². The molecule has 10 heteroatoms. The van der Waals surface area contributed by atoms with Gasteiger partial charge in [0.05, 0.1) is 11.8 Å². The molecule has 0 radical (unpaired) electrons. The van der Waals surface area contributed by atoms with Crippen molar-refractivity contribution in [3.8, 4) is 5.75 Å². The molecule has 0 fully saturated rings. The average Bonchev–Trinajstić information content (AvgIpc) is 2.66. The second-order valence-corrected chi connectivity index (χ2v) is 5.56. The fourth-order valence-electron chi connectivity index (χ4n) is 2.26. The lowest BCUT2D eigenvalue weighted by Crippen LogP contribution is -2.04. The second kappa shape index (κ2) is 7.58. The van der Waals surface area contributed by atoms with Crippen molar-refractivity contribution in [2.24, 2.45) is 0 Å². The number of aromatic carboxylic acids is 2. The van der Waals surface area contributed by atoms with Gasteiger partial charge < -0.3 is 26.0 Å². The molecule has 0 aliphatic carbocycles. The Labute approximate surface area is 157 Å². The molecule has 0 aliphatic heterocycles. The second-order valence-electron chi connectivity index (χ2n) is 5.56. The van der Waals surface area contributed by atoms with Gasteiger partial charge in [-0.2, -0.15) is 4.98 Å².